The number of nitrogens with one attached hydrogen (secondary N) is 1. The van der Waals surface area contributed by atoms with E-state index < -0.39 is 5.91 Å². The lowest BCUT2D eigenvalue weighted by Gasteiger charge is -2.31. The van der Waals surface area contributed by atoms with E-state index in [4.69, 9.17) is 5.73 Å². The lowest BCUT2D eigenvalue weighted by molar-refractivity contribution is 0.0687. The zero-order valence-electron chi connectivity index (χ0n) is 14.5. The van der Waals surface area contributed by atoms with E-state index in [2.05, 4.69) is 15.3 Å². The SMILES string of the molecule is NC(=O)c1cn(C2CCN(C(=O)c3cc4ccccc4[nH]c3=O)CC2)nn1. The first-order chi connectivity index (χ1) is 13.0. The predicted octanol–water partition coefficient (Wildman–Crippen LogP) is 0.696. The van der Waals surface area contributed by atoms with Gasteiger partial charge in [-0.1, -0.05) is 23.4 Å². The number of hydrogen-bond acceptors (Lipinski definition) is 5. The Kier molecular flexibility index (Phi) is 4.19. The number of piperidine rings is 1. The van der Waals surface area contributed by atoms with Gasteiger partial charge in [-0.05, 0) is 30.4 Å². The maximum Gasteiger partial charge on any atom is 0.270 e. The minimum absolute atomic E-state index is 0.0320. The van der Waals surface area contributed by atoms with Gasteiger partial charge >= 0.3 is 0 Å². The standard InChI is InChI=1S/C18H18N6O3/c19-16(25)15-10-24(22-21-15)12-5-7-23(8-6-12)18(27)13-9-11-3-1-2-4-14(11)20-17(13)26/h1-4,9-10,12H,5-8H2,(H2,19,25)(H,20,26). The van der Waals surface area contributed by atoms with Gasteiger partial charge in [0.05, 0.1) is 12.2 Å². The molecule has 2 aromatic heterocycles. The topological polar surface area (TPSA) is 127 Å². The summed E-state index contributed by atoms with van der Waals surface area (Å²) < 4.78 is 1.62. The fraction of sp³-hybridized carbons (Fsp3) is 0.278. The molecule has 0 spiro atoms. The lowest BCUT2D eigenvalue weighted by atomic mass is 10.0. The molecule has 27 heavy (non-hydrogen) atoms. The highest BCUT2D eigenvalue weighted by Gasteiger charge is 2.27. The van der Waals surface area contributed by atoms with Gasteiger partial charge in [0.25, 0.3) is 17.4 Å². The average molecular weight is 366 g/mol. The summed E-state index contributed by atoms with van der Waals surface area (Å²) in [4.78, 5) is 40.7. The van der Waals surface area contributed by atoms with Gasteiger partial charge < -0.3 is 15.6 Å². The van der Waals surface area contributed by atoms with E-state index in [0.717, 1.165) is 5.39 Å². The highest BCUT2D eigenvalue weighted by atomic mass is 16.2. The van der Waals surface area contributed by atoms with E-state index >= 15 is 0 Å². The molecule has 9 heteroatoms. The Bertz CT molecular complexity index is 1080. The quantitative estimate of drug-likeness (QED) is 0.705. The number of rotatable bonds is 3. The molecule has 0 aliphatic carbocycles. The maximum atomic E-state index is 12.8. The molecule has 0 bridgehead atoms. The second kappa shape index (κ2) is 6.67. The molecule has 0 unspecified atom stereocenters. The third-order valence-corrected chi connectivity index (χ3v) is 4.87. The fourth-order valence-electron chi connectivity index (χ4n) is 3.38. The minimum atomic E-state index is -0.621. The Morgan fingerprint density at radius 3 is 2.63 bits per heavy atom. The summed E-state index contributed by atoms with van der Waals surface area (Å²) in [6.45, 7) is 0.975. The van der Waals surface area contributed by atoms with Gasteiger partial charge in [-0.3, -0.25) is 14.4 Å². The van der Waals surface area contributed by atoms with E-state index in [0.29, 0.717) is 31.4 Å². The van der Waals surface area contributed by atoms with Crippen molar-refractivity contribution in [3.8, 4) is 0 Å². The van der Waals surface area contributed by atoms with Crippen LogP contribution in [0.4, 0.5) is 0 Å². The van der Waals surface area contributed by atoms with Gasteiger partial charge in [0, 0.05) is 18.6 Å². The Labute approximate surface area is 153 Å². The number of nitrogens with zero attached hydrogens (tertiary/aromatic N) is 4. The average Bonchev–Trinajstić information content (AvgIpc) is 3.17. The number of pyridine rings is 1. The summed E-state index contributed by atoms with van der Waals surface area (Å²) in [5.74, 6) is -0.902. The highest BCUT2D eigenvalue weighted by Crippen LogP contribution is 2.23. The molecule has 1 saturated heterocycles. The number of nitrogens with two attached hydrogens (primary N) is 1. The molecular formula is C18H18N6O3. The summed E-state index contributed by atoms with van der Waals surface area (Å²) in [5, 5.41) is 8.51. The number of H-pyrrole nitrogens is 1. The van der Waals surface area contributed by atoms with Gasteiger partial charge in [0.1, 0.15) is 5.56 Å². The zero-order valence-corrected chi connectivity index (χ0v) is 14.5. The maximum absolute atomic E-state index is 12.8. The Hall–Kier alpha value is -3.49. The van der Waals surface area contributed by atoms with Crippen molar-refractivity contribution in [1.82, 2.24) is 24.9 Å². The van der Waals surface area contributed by atoms with Gasteiger partial charge in [0.15, 0.2) is 5.69 Å². The van der Waals surface area contributed by atoms with Crippen LogP contribution in [0.5, 0.6) is 0 Å². The van der Waals surface area contributed by atoms with Crippen LogP contribution in [0.2, 0.25) is 0 Å². The van der Waals surface area contributed by atoms with Crippen LogP contribution in [0.3, 0.4) is 0 Å². The molecule has 9 nitrogen and oxygen atoms in total. The third-order valence-electron chi connectivity index (χ3n) is 4.87. The van der Waals surface area contributed by atoms with E-state index in [1.165, 1.54) is 6.20 Å². The van der Waals surface area contributed by atoms with Crippen LogP contribution in [0.15, 0.2) is 41.3 Å². The van der Waals surface area contributed by atoms with Gasteiger partial charge in [-0.15, -0.1) is 5.10 Å². The first-order valence-corrected chi connectivity index (χ1v) is 8.66. The summed E-state index contributed by atoms with van der Waals surface area (Å²) >= 11 is 0. The Morgan fingerprint density at radius 1 is 1.19 bits per heavy atom. The molecule has 3 heterocycles. The first kappa shape index (κ1) is 17.0. The zero-order chi connectivity index (χ0) is 19.0. The third kappa shape index (κ3) is 3.19. The van der Waals surface area contributed by atoms with Crippen LogP contribution in [0.25, 0.3) is 10.9 Å². The van der Waals surface area contributed by atoms with Gasteiger partial charge in [-0.25, -0.2) is 4.68 Å². The number of likely N-dealkylation sites (tertiary alicyclic amines) is 1. The van der Waals surface area contributed by atoms with Crippen molar-refractivity contribution in [3.05, 3.63) is 58.1 Å². The van der Waals surface area contributed by atoms with E-state index in [-0.39, 0.29) is 28.8 Å². The number of para-hydroxylation sites is 1. The van der Waals surface area contributed by atoms with Crippen LogP contribution in [-0.4, -0.2) is 49.8 Å². The van der Waals surface area contributed by atoms with E-state index in [1.807, 2.05) is 18.2 Å². The molecule has 3 aromatic rings. The Morgan fingerprint density at radius 2 is 1.93 bits per heavy atom. The Balaban J connectivity index is 1.49. The second-order valence-electron chi connectivity index (χ2n) is 6.57. The molecule has 1 aliphatic heterocycles. The molecule has 138 valence electrons. The number of aromatic nitrogens is 4. The van der Waals surface area contributed by atoms with Crippen LogP contribution in [-0.2, 0) is 0 Å². The number of carbonyl (C=O) groups is 2. The number of aromatic amines is 1. The number of benzene rings is 1. The molecule has 0 atom stereocenters. The van der Waals surface area contributed by atoms with Crippen molar-refractivity contribution >= 4 is 22.7 Å². The predicted molar refractivity (Wildman–Crippen MR) is 97.3 cm³/mol. The summed E-state index contributed by atoms with van der Waals surface area (Å²) in [7, 11) is 0. The smallest absolute Gasteiger partial charge is 0.270 e. The van der Waals surface area contributed by atoms with Crippen LogP contribution < -0.4 is 11.3 Å². The van der Waals surface area contributed by atoms with Crippen molar-refractivity contribution in [1.29, 1.82) is 0 Å². The number of primary amides is 1. The second-order valence-corrected chi connectivity index (χ2v) is 6.57. The van der Waals surface area contributed by atoms with Crippen molar-refractivity contribution in [3.63, 3.8) is 0 Å². The number of hydrogen-bond donors (Lipinski definition) is 2. The van der Waals surface area contributed by atoms with Crippen LogP contribution in [0, 0.1) is 0 Å². The largest absolute Gasteiger partial charge is 0.364 e. The molecule has 1 fully saturated rings. The number of carbonyl (C=O) groups excluding carboxylic acids is 2. The van der Waals surface area contributed by atoms with Crippen molar-refractivity contribution < 1.29 is 9.59 Å². The monoisotopic (exact) mass is 366 g/mol. The first-order valence-electron chi connectivity index (χ1n) is 8.66. The van der Waals surface area contributed by atoms with Gasteiger partial charge in [0.2, 0.25) is 0 Å². The normalized spacial score (nSPS) is 15.2. The molecule has 3 N–H and O–H groups in total. The number of fused-ring (bicyclic) bond motifs is 1. The molecule has 4 rings (SSSR count). The molecule has 1 aliphatic rings. The van der Waals surface area contributed by atoms with Gasteiger partial charge in [-0.2, -0.15) is 0 Å². The van der Waals surface area contributed by atoms with Crippen LogP contribution in [0.1, 0.15) is 39.7 Å². The molecule has 2 amide bonds. The van der Waals surface area contributed by atoms with E-state index in [1.54, 1.807) is 21.7 Å². The van der Waals surface area contributed by atoms with Crippen LogP contribution >= 0.6 is 0 Å². The fourth-order valence-corrected chi connectivity index (χ4v) is 3.38. The highest BCUT2D eigenvalue weighted by molar-refractivity contribution is 5.97. The summed E-state index contributed by atoms with van der Waals surface area (Å²) in [6.07, 6.45) is 2.83. The van der Waals surface area contributed by atoms with Crippen molar-refractivity contribution in [2.75, 3.05) is 13.1 Å². The number of amides is 2. The van der Waals surface area contributed by atoms with Crippen molar-refractivity contribution in [2.45, 2.75) is 18.9 Å². The summed E-state index contributed by atoms with van der Waals surface area (Å²) in [5.41, 5.74) is 5.78. The van der Waals surface area contributed by atoms with E-state index in [9.17, 15) is 14.4 Å². The minimum Gasteiger partial charge on any atom is -0.364 e. The van der Waals surface area contributed by atoms with Crippen molar-refractivity contribution in [2.24, 2.45) is 5.73 Å². The molecule has 0 saturated carbocycles. The molecule has 1 aromatic carbocycles. The molecule has 0 radical (unpaired) electrons. The molecular weight excluding hydrogens is 348 g/mol. The lowest BCUT2D eigenvalue weighted by Crippen LogP contribution is -2.41. The summed E-state index contributed by atoms with van der Waals surface area (Å²) in [6, 6.07) is 9.02.